The van der Waals surface area contributed by atoms with Crippen LogP contribution in [0.15, 0.2) is 33.8 Å². The molecule has 2 rings (SSSR count). The van der Waals surface area contributed by atoms with Crippen molar-refractivity contribution in [1.29, 1.82) is 0 Å². The van der Waals surface area contributed by atoms with Crippen molar-refractivity contribution < 1.29 is 0 Å². The second-order valence-electron chi connectivity index (χ2n) is 2.49. The molecule has 0 atom stereocenters. The van der Waals surface area contributed by atoms with Crippen LogP contribution in [0, 0.1) is 0 Å². The van der Waals surface area contributed by atoms with Gasteiger partial charge in [0, 0.05) is 15.6 Å². The Balaban J connectivity index is 2.28. The fraction of sp³-hybridized carbons (Fsp3) is 0. The van der Waals surface area contributed by atoms with E-state index >= 15 is 0 Å². The molecule has 2 aromatic rings. The molecular weight excluding hydrogens is 238 g/mol. The molecule has 14 heavy (non-hydrogen) atoms. The molecule has 0 aliphatic rings. The van der Waals surface area contributed by atoms with Gasteiger partial charge in [0.15, 0.2) is 4.34 Å². The zero-order valence-electron chi connectivity index (χ0n) is 6.98. The maximum absolute atomic E-state index is 5.86. The predicted octanol–water partition coefficient (Wildman–Crippen LogP) is 2.92. The molecule has 1 aromatic carbocycles. The standard InChI is InChI=1S/C8H6ClN3S2/c9-5-1-2-6(10)7(3-5)13-8-11-4-12-14-8/h1-4H,10H2. The van der Waals surface area contributed by atoms with Crippen molar-refractivity contribution in [2.75, 3.05) is 5.73 Å². The highest BCUT2D eigenvalue weighted by molar-refractivity contribution is 8.01. The Morgan fingerprint density at radius 3 is 3.00 bits per heavy atom. The largest absolute Gasteiger partial charge is 0.398 e. The summed E-state index contributed by atoms with van der Waals surface area (Å²) in [6, 6.07) is 5.37. The Labute approximate surface area is 94.5 Å². The number of hydrogen-bond acceptors (Lipinski definition) is 5. The van der Waals surface area contributed by atoms with Crippen molar-refractivity contribution in [3.63, 3.8) is 0 Å². The van der Waals surface area contributed by atoms with E-state index in [-0.39, 0.29) is 0 Å². The summed E-state index contributed by atoms with van der Waals surface area (Å²) < 4.78 is 4.77. The van der Waals surface area contributed by atoms with Crippen LogP contribution in [0.3, 0.4) is 0 Å². The summed E-state index contributed by atoms with van der Waals surface area (Å²) in [5, 5.41) is 0.672. The SMILES string of the molecule is Nc1ccc(Cl)cc1Sc1ncns1. The van der Waals surface area contributed by atoms with Gasteiger partial charge in [-0.05, 0) is 29.7 Å². The molecule has 0 unspecified atom stereocenters. The van der Waals surface area contributed by atoms with Crippen LogP contribution >= 0.6 is 34.9 Å². The lowest BCUT2D eigenvalue weighted by atomic mass is 10.3. The zero-order chi connectivity index (χ0) is 9.97. The molecule has 0 amide bonds. The van der Waals surface area contributed by atoms with Gasteiger partial charge in [0.1, 0.15) is 6.33 Å². The minimum atomic E-state index is 0.672. The second kappa shape index (κ2) is 4.16. The molecule has 3 nitrogen and oxygen atoms in total. The minimum Gasteiger partial charge on any atom is -0.398 e. The van der Waals surface area contributed by atoms with Gasteiger partial charge >= 0.3 is 0 Å². The average molecular weight is 244 g/mol. The summed E-state index contributed by atoms with van der Waals surface area (Å²) in [4.78, 5) is 4.97. The molecule has 0 aliphatic carbocycles. The highest BCUT2D eigenvalue weighted by Gasteiger charge is 2.04. The predicted molar refractivity (Wildman–Crippen MR) is 59.9 cm³/mol. The number of anilines is 1. The number of benzene rings is 1. The van der Waals surface area contributed by atoms with Gasteiger partial charge < -0.3 is 5.73 Å². The maximum atomic E-state index is 5.86. The summed E-state index contributed by atoms with van der Waals surface area (Å²) in [7, 11) is 0. The lowest BCUT2D eigenvalue weighted by molar-refractivity contribution is 1.21. The minimum absolute atomic E-state index is 0.672. The van der Waals surface area contributed by atoms with Gasteiger partial charge in [-0.3, -0.25) is 0 Å². The summed E-state index contributed by atoms with van der Waals surface area (Å²) in [6.07, 6.45) is 1.52. The van der Waals surface area contributed by atoms with E-state index in [4.69, 9.17) is 17.3 Å². The molecule has 0 saturated carbocycles. The molecule has 72 valence electrons. The van der Waals surface area contributed by atoms with Crippen LogP contribution in [0.1, 0.15) is 0 Å². The van der Waals surface area contributed by atoms with E-state index in [1.165, 1.54) is 29.6 Å². The van der Waals surface area contributed by atoms with Crippen LogP contribution < -0.4 is 5.73 Å². The third-order valence-electron chi connectivity index (χ3n) is 1.51. The zero-order valence-corrected chi connectivity index (χ0v) is 9.36. The van der Waals surface area contributed by atoms with E-state index in [1.54, 1.807) is 12.1 Å². The number of nitrogens with two attached hydrogens (primary N) is 1. The van der Waals surface area contributed by atoms with Crippen LogP contribution in [-0.2, 0) is 0 Å². The fourth-order valence-electron chi connectivity index (χ4n) is 0.899. The van der Waals surface area contributed by atoms with Crippen LogP contribution in [0.5, 0.6) is 0 Å². The summed E-state index contributed by atoms with van der Waals surface area (Å²) >= 11 is 8.66. The second-order valence-corrected chi connectivity index (χ2v) is 5.00. The molecule has 1 aromatic heterocycles. The highest BCUT2D eigenvalue weighted by Crippen LogP contribution is 2.33. The molecule has 0 aliphatic heterocycles. The van der Waals surface area contributed by atoms with Crippen molar-refractivity contribution in [3.8, 4) is 0 Å². The van der Waals surface area contributed by atoms with Gasteiger partial charge in [-0.15, -0.1) is 0 Å². The topological polar surface area (TPSA) is 51.8 Å². The van der Waals surface area contributed by atoms with Gasteiger partial charge in [-0.2, -0.15) is 4.37 Å². The van der Waals surface area contributed by atoms with Gasteiger partial charge in [0.25, 0.3) is 0 Å². The number of halogens is 1. The van der Waals surface area contributed by atoms with Gasteiger partial charge in [-0.1, -0.05) is 23.4 Å². The van der Waals surface area contributed by atoms with E-state index in [0.717, 1.165) is 9.24 Å². The molecule has 0 bridgehead atoms. The number of nitrogen functional groups attached to an aromatic ring is 1. The summed E-state index contributed by atoms with van der Waals surface area (Å²) in [5.74, 6) is 0. The fourth-order valence-corrected chi connectivity index (χ4v) is 2.62. The van der Waals surface area contributed by atoms with E-state index in [2.05, 4.69) is 9.36 Å². The van der Waals surface area contributed by atoms with Gasteiger partial charge in [0.2, 0.25) is 0 Å². The quantitative estimate of drug-likeness (QED) is 0.824. The maximum Gasteiger partial charge on any atom is 0.174 e. The van der Waals surface area contributed by atoms with E-state index in [9.17, 15) is 0 Å². The van der Waals surface area contributed by atoms with Gasteiger partial charge in [-0.25, -0.2) is 4.98 Å². The molecule has 0 saturated heterocycles. The Bertz CT molecular complexity index is 430. The average Bonchev–Trinajstić information content (AvgIpc) is 2.64. The van der Waals surface area contributed by atoms with Crippen LogP contribution in [0.25, 0.3) is 0 Å². The van der Waals surface area contributed by atoms with Crippen molar-refractivity contribution in [1.82, 2.24) is 9.36 Å². The Morgan fingerprint density at radius 2 is 2.29 bits per heavy atom. The van der Waals surface area contributed by atoms with Crippen molar-refractivity contribution in [3.05, 3.63) is 29.5 Å². The highest BCUT2D eigenvalue weighted by atomic mass is 35.5. The summed E-state index contributed by atoms with van der Waals surface area (Å²) in [6.45, 7) is 0. The van der Waals surface area contributed by atoms with Crippen molar-refractivity contribution >= 4 is 40.6 Å². The third-order valence-corrected chi connectivity index (χ3v) is 3.54. The molecule has 6 heteroatoms. The third kappa shape index (κ3) is 2.17. The molecule has 0 radical (unpaired) electrons. The van der Waals surface area contributed by atoms with Crippen molar-refractivity contribution in [2.45, 2.75) is 9.24 Å². The van der Waals surface area contributed by atoms with Crippen LogP contribution in [-0.4, -0.2) is 9.36 Å². The first-order chi connectivity index (χ1) is 6.75. The molecule has 0 spiro atoms. The first-order valence-electron chi connectivity index (χ1n) is 3.75. The molecule has 0 fully saturated rings. The van der Waals surface area contributed by atoms with E-state index < -0.39 is 0 Å². The van der Waals surface area contributed by atoms with Crippen molar-refractivity contribution in [2.24, 2.45) is 0 Å². The lowest BCUT2D eigenvalue weighted by Gasteiger charge is -2.02. The smallest absolute Gasteiger partial charge is 0.174 e. The van der Waals surface area contributed by atoms with Crippen LogP contribution in [0.2, 0.25) is 5.02 Å². The Morgan fingerprint density at radius 1 is 1.43 bits per heavy atom. The number of hydrogen-bond donors (Lipinski definition) is 1. The van der Waals surface area contributed by atoms with Gasteiger partial charge in [0.05, 0.1) is 0 Å². The molecule has 1 heterocycles. The number of rotatable bonds is 2. The Kier molecular flexibility index (Phi) is 2.90. The normalized spacial score (nSPS) is 10.4. The monoisotopic (exact) mass is 243 g/mol. The van der Waals surface area contributed by atoms with Crippen LogP contribution in [0.4, 0.5) is 5.69 Å². The molecular formula is C8H6ClN3S2. The first kappa shape index (κ1) is 9.76. The lowest BCUT2D eigenvalue weighted by Crippen LogP contribution is -1.87. The first-order valence-corrected chi connectivity index (χ1v) is 5.72. The van der Waals surface area contributed by atoms with E-state index in [1.807, 2.05) is 6.07 Å². The Hall–Kier alpha value is -0.780. The number of nitrogens with zero attached hydrogens (tertiary/aromatic N) is 2. The van der Waals surface area contributed by atoms with E-state index in [0.29, 0.717) is 10.7 Å². The molecule has 2 N–H and O–H groups in total. The summed E-state index contributed by atoms with van der Waals surface area (Å²) in [5.41, 5.74) is 6.49. The number of aromatic nitrogens is 2.